The Morgan fingerprint density at radius 1 is 1.58 bits per heavy atom. The van der Waals surface area contributed by atoms with Crippen LogP contribution in [0.3, 0.4) is 0 Å². The van der Waals surface area contributed by atoms with E-state index in [-0.39, 0.29) is 11.8 Å². The number of aliphatic hydroxyl groups excluding tert-OH is 1. The van der Waals surface area contributed by atoms with Gasteiger partial charge in [0, 0.05) is 32.4 Å². The number of carbonyl (C=O) groups is 1. The number of amides is 1. The molecule has 0 unspecified atom stereocenters. The Morgan fingerprint density at radius 3 is 3.16 bits per heavy atom. The van der Waals surface area contributed by atoms with E-state index in [4.69, 9.17) is 0 Å². The van der Waals surface area contributed by atoms with Gasteiger partial charge >= 0.3 is 0 Å². The van der Waals surface area contributed by atoms with Crippen LogP contribution in [0.2, 0.25) is 0 Å². The van der Waals surface area contributed by atoms with Gasteiger partial charge in [-0.05, 0) is 19.9 Å². The fourth-order valence-corrected chi connectivity index (χ4v) is 2.30. The summed E-state index contributed by atoms with van der Waals surface area (Å²) in [4.78, 5) is 14.1. The van der Waals surface area contributed by atoms with Gasteiger partial charge in [-0.15, -0.1) is 5.10 Å². The number of piperidine rings is 1. The molecule has 2 atom stereocenters. The lowest BCUT2D eigenvalue weighted by molar-refractivity contribution is -0.131. The van der Waals surface area contributed by atoms with E-state index in [9.17, 15) is 9.90 Å². The van der Waals surface area contributed by atoms with Crippen molar-refractivity contribution >= 4 is 5.91 Å². The normalized spacial score (nSPS) is 24.3. The number of carbonyl (C=O) groups excluding carboxylic acids is 1. The summed E-state index contributed by atoms with van der Waals surface area (Å²) in [6.45, 7) is 2.78. The fourth-order valence-electron chi connectivity index (χ4n) is 2.30. The molecule has 1 saturated heterocycles. The van der Waals surface area contributed by atoms with E-state index in [2.05, 4.69) is 20.5 Å². The van der Waals surface area contributed by atoms with Crippen LogP contribution in [0.15, 0.2) is 12.4 Å². The van der Waals surface area contributed by atoms with Gasteiger partial charge in [0.25, 0.3) is 0 Å². The first-order valence-corrected chi connectivity index (χ1v) is 6.65. The van der Waals surface area contributed by atoms with E-state index in [0.717, 1.165) is 19.5 Å². The van der Waals surface area contributed by atoms with E-state index in [1.807, 2.05) is 7.05 Å². The van der Waals surface area contributed by atoms with Crippen molar-refractivity contribution in [1.82, 2.24) is 25.2 Å². The van der Waals surface area contributed by atoms with E-state index >= 15 is 0 Å². The zero-order valence-electron chi connectivity index (χ0n) is 11.2. The maximum Gasteiger partial charge on any atom is 0.227 e. The lowest BCUT2D eigenvalue weighted by atomic mass is 9.94. The SMILES string of the molecule is CN1CC[C@@H](O)[C@H](C(=O)NCCCn2ccnn2)C1. The molecule has 2 N–H and O–H groups in total. The lowest BCUT2D eigenvalue weighted by Gasteiger charge is -2.32. The van der Waals surface area contributed by atoms with Gasteiger partial charge in [0.15, 0.2) is 0 Å². The predicted octanol–water partition coefficient (Wildman–Crippen LogP) is -0.903. The summed E-state index contributed by atoms with van der Waals surface area (Å²) >= 11 is 0. The highest BCUT2D eigenvalue weighted by Gasteiger charge is 2.31. The van der Waals surface area contributed by atoms with E-state index in [1.165, 1.54) is 0 Å². The number of hydrogen-bond acceptors (Lipinski definition) is 5. The van der Waals surface area contributed by atoms with Crippen LogP contribution >= 0.6 is 0 Å². The Bertz CT molecular complexity index is 395. The van der Waals surface area contributed by atoms with Gasteiger partial charge in [-0.25, -0.2) is 0 Å². The van der Waals surface area contributed by atoms with Crippen molar-refractivity contribution < 1.29 is 9.90 Å². The highest BCUT2D eigenvalue weighted by atomic mass is 16.3. The summed E-state index contributed by atoms with van der Waals surface area (Å²) in [6, 6.07) is 0. The monoisotopic (exact) mass is 267 g/mol. The average molecular weight is 267 g/mol. The van der Waals surface area contributed by atoms with Gasteiger partial charge in [-0.2, -0.15) is 0 Å². The van der Waals surface area contributed by atoms with Gasteiger partial charge in [-0.3, -0.25) is 9.48 Å². The maximum absolute atomic E-state index is 12.0. The first-order valence-electron chi connectivity index (χ1n) is 6.65. The topological polar surface area (TPSA) is 83.3 Å². The number of aromatic nitrogens is 3. The Labute approximate surface area is 112 Å². The molecule has 1 amide bonds. The van der Waals surface area contributed by atoms with Crippen LogP contribution in [0.25, 0.3) is 0 Å². The molecule has 1 aliphatic heterocycles. The third kappa shape index (κ3) is 4.00. The quantitative estimate of drug-likeness (QED) is 0.675. The van der Waals surface area contributed by atoms with Crippen LogP contribution in [-0.2, 0) is 11.3 Å². The number of hydrogen-bond donors (Lipinski definition) is 2. The second-order valence-electron chi connectivity index (χ2n) is 5.04. The zero-order valence-corrected chi connectivity index (χ0v) is 11.2. The Kier molecular flexibility index (Phi) is 4.86. The largest absolute Gasteiger partial charge is 0.392 e. The number of aliphatic hydroxyl groups is 1. The molecule has 7 nitrogen and oxygen atoms in total. The van der Waals surface area contributed by atoms with Crippen LogP contribution in [0.4, 0.5) is 0 Å². The van der Waals surface area contributed by atoms with Gasteiger partial charge < -0.3 is 15.3 Å². The van der Waals surface area contributed by atoms with Crippen molar-refractivity contribution in [3.63, 3.8) is 0 Å². The number of nitrogens with one attached hydrogen (secondary N) is 1. The molecule has 0 saturated carbocycles. The van der Waals surface area contributed by atoms with Crippen molar-refractivity contribution in [2.75, 3.05) is 26.7 Å². The number of rotatable bonds is 5. The fraction of sp³-hybridized carbons (Fsp3) is 0.750. The molecule has 0 spiro atoms. The number of nitrogens with zero attached hydrogens (tertiary/aromatic N) is 4. The predicted molar refractivity (Wildman–Crippen MR) is 69.3 cm³/mol. The number of likely N-dealkylation sites (tertiary alicyclic amines) is 1. The van der Waals surface area contributed by atoms with Crippen molar-refractivity contribution in [2.45, 2.75) is 25.5 Å². The standard InChI is InChI=1S/C12H21N5O2/c1-16-7-3-11(18)10(9-16)12(19)13-4-2-6-17-8-5-14-15-17/h5,8,10-11,18H,2-4,6-7,9H2,1H3,(H,13,19)/t10-,11-/m1/s1. The second-order valence-corrected chi connectivity index (χ2v) is 5.04. The van der Waals surface area contributed by atoms with Crippen molar-refractivity contribution in [3.8, 4) is 0 Å². The van der Waals surface area contributed by atoms with Crippen LogP contribution in [-0.4, -0.2) is 63.7 Å². The van der Waals surface area contributed by atoms with Crippen LogP contribution < -0.4 is 5.32 Å². The molecule has 7 heteroatoms. The minimum absolute atomic E-state index is 0.0577. The molecular weight excluding hydrogens is 246 g/mol. The summed E-state index contributed by atoms with van der Waals surface area (Å²) in [7, 11) is 1.97. The van der Waals surface area contributed by atoms with Gasteiger partial charge in [-0.1, -0.05) is 5.21 Å². The molecule has 1 aromatic rings. The average Bonchev–Trinajstić information content (AvgIpc) is 2.90. The van der Waals surface area contributed by atoms with Crippen molar-refractivity contribution in [2.24, 2.45) is 5.92 Å². The zero-order chi connectivity index (χ0) is 13.7. The molecule has 106 valence electrons. The Morgan fingerprint density at radius 2 is 2.42 bits per heavy atom. The highest BCUT2D eigenvalue weighted by molar-refractivity contribution is 5.79. The molecule has 2 heterocycles. The summed E-state index contributed by atoms with van der Waals surface area (Å²) in [5.41, 5.74) is 0. The Balaban J connectivity index is 1.68. The third-order valence-electron chi connectivity index (χ3n) is 3.45. The van der Waals surface area contributed by atoms with Gasteiger partial charge in [0.1, 0.15) is 0 Å². The first-order chi connectivity index (χ1) is 9.16. The smallest absolute Gasteiger partial charge is 0.227 e. The summed E-state index contributed by atoms with van der Waals surface area (Å²) in [6.07, 6.45) is 4.36. The molecule has 19 heavy (non-hydrogen) atoms. The Hall–Kier alpha value is -1.47. The second kappa shape index (κ2) is 6.63. The lowest BCUT2D eigenvalue weighted by Crippen LogP contribution is -2.48. The van der Waals surface area contributed by atoms with E-state index < -0.39 is 6.10 Å². The number of aryl methyl sites for hydroxylation is 1. The summed E-state index contributed by atoms with van der Waals surface area (Å²) < 4.78 is 1.73. The molecule has 0 aromatic carbocycles. The third-order valence-corrected chi connectivity index (χ3v) is 3.45. The molecule has 0 aliphatic carbocycles. The maximum atomic E-state index is 12.0. The van der Waals surface area contributed by atoms with Gasteiger partial charge in [0.2, 0.25) is 5.91 Å². The molecule has 2 rings (SSSR count). The molecule has 0 bridgehead atoms. The van der Waals surface area contributed by atoms with Crippen molar-refractivity contribution in [3.05, 3.63) is 12.4 Å². The summed E-state index contributed by atoms with van der Waals surface area (Å²) in [5, 5.41) is 20.3. The molecule has 1 aromatic heterocycles. The van der Waals surface area contributed by atoms with E-state index in [1.54, 1.807) is 17.1 Å². The molecular formula is C12H21N5O2. The van der Waals surface area contributed by atoms with Crippen LogP contribution in [0, 0.1) is 5.92 Å². The van der Waals surface area contributed by atoms with Crippen LogP contribution in [0.5, 0.6) is 0 Å². The first kappa shape index (κ1) is 14.0. The molecule has 1 fully saturated rings. The molecule has 0 radical (unpaired) electrons. The van der Waals surface area contributed by atoms with Crippen molar-refractivity contribution in [1.29, 1.82) is 0 Å². The highest BCUT2D eigenvalue weighted by Crippen LogP contribution is 2.15. The van der Waals surface area contributed by atoms with E-state index in [0.29, 0.717) is 19.5 Å². The minimum Gasteiger partial charge on any atom is -0.392 e. The molecule has 1 aliphatic rings. The minimum atomic E-state index is -0.522. The van der Waals surface area contributed by atoms with Crippen LogP contribution in [0.1, 0.15) is 12.8 Å². The summed E-state index contributed by atoms with van der Waals surface area (Å²) in [5.74, 6) is -0.372. The van der Waals surface area contributed by atoms with Gasteiger partial charge in [0.05, 0.1) is 18.2 Å².